The Kier molecular flexibility index (Phi) is 16.7. The van der Waals surface area contributed by atoms with E-state index in [1.54, 1.807) is 83.3 Å². The first-order valence-electron chi connectivity index (χ1n) is 16.7. The summed E-state index contributed by atoms with van der Waals surface area (Å²) in [5.41, 5.74) is 4.88. The monoisotopic (exact) mass is 820 g/mol. The number of hydrogen-bond donors (Lipinski definition) is 2. The highest BCUT2D eigenvalue weighted by molar-refractivity contribution is 7.85. The lowest BCUT2D eigenvalue weighted by Crippen LogP contribution is -2.23. The van der Waals surface area contributed by atoms with Crippen molar-refractivity contribution < 1.29 is 35.1 Å². The minimum absolute atomic E-state index is 0.423. The zero-order chi connectivity index (χ0) is 39.5. The van der Waals surface area contributed by atoms with Gasteiger partial charge in [0.2, 0.25) is 0 Å². The van der Waals surface area contributed by atoms with Gasteiger partial charge in [-0.15, -0.1) is 0 Å². The molecule has 2 heterocycles. The molecule has 0 bridgehead atoms. The zero-order valence-electron chi connectivity index (χ0n) is 30.0. The number of hydrogen-bond acceptors (Lipinski definition) is 14. The number of benzene rings is 4. The van der Waals surface area contributed by atoms with Gasteiger partial charge in [0.15, 0.2) is 0 Å². The average Bonchev–Trinajstić information content (AvgIpc) is 3.77. The van der Waals surface area contributed by atoms with Crippen LogP contribution in [0.5, 0.6) is 0 Å². The summed E-state index contributed by atoms with van der Waals surface area (Å²) in [7, 11) is -4.33. The molecule has 0 aliphatic carbocycles. The molecule has 2 aromatic heterocycles. The van der Waals surface area contributed by atoms with Gasteiger partial charge in [0, 0.05) is 35.2 Å². The van der Waals surface area contributed by atoms with Gasteiger partial charge >= 0.3 is 10.3 Å². The van der Waals surface area contributed by atoms with Crippen LogP contribution < -0.4 is 19.8 Å². The third-order valence-electron chi connectivity index (χ3n) is 7.14. The van der Waals surface area contributed by atoms with E-state index in [2.05, 4.69) is 31.1 Å². The Hall–Kier alpha value is -5.24. The Bertz CT molecular complexity index is 2150. The van der Waals surface area contributed by atoms with Gasteiger partial charge in [0.05, 0.1) is 56.1 Å². The molecule has 55 heavy (non-hydrogen) atoms. The Morgan fingerprint density at radius 2 is 0.909 bits per heavy atom. The van der Waals surface area contributed by atoms with Gasteiger partial charge in [0.1, 0.15) is 23.8 Å². The minimum atomic E-state index is -4.13. The van der Waals surface area contributed by atoms with Gasteiger partial charge in [-0.2, -0.15) is 0 Å². The van der Waals surface area contributed by atoms with Crippen molar-refractivity contribution in [3.8, 4) is 0 Å². The van der Waals surface area contributed by atoms with E-state index in [1.807, 2.05) is 94.9 Å². The molecule has 0 aliphatic rings. The molecule has 4 aromatic carbocycles. The molecule has 2 N–H and O–H groups in total. The molecular weight excluding hydrogens is 781 g/mol. The molecule has 18 heteroatoms. The van der Waals surface area contributed by atoms with Crippen molar-refractivity contribution in [1.82, 2.24) is 0 Å². The smallest absolute Gasteiger partial charge is 0.408 e. The maximum atomic E-state index is 10.2. The fraction of sp³-hybridized carbons (Fsp3) is 0.189. The van der Waals surface area contributed by atoms with Crippen molar-refractivity contribution in [1.29, 1.82) is 0 Å². The van der Waals surface area contributed by atoms with E-state index < -0.39 is 31.7 Å². The lowest BCUT2D eigenvalue weighted by Gasteiger charge is -2.08. The van der Waals surface area contributed by atoms with Crippen molar-refractivity contribution in [3.05, 3.63) is 143 Å². The zero-order valence-corrected chi connectivity index (χ0v) is 33.3. The number of thiazole rings is 2. The van der Waals surface area contributed by atoms with Gasteiger partial charge in [0.25, 0.3) is 0 Å². The molecule has 0 radical (unpaired) electrons. The molecule has 288 valence electrons. The summed E-state index contributed by atoms with van der Waals surface area (Å²) < 4.78 is 65.4. The predicted molar refractivity (Wildman–Crippen MR) is 214 cm³/mol. The van der Waals surface area contributed by atoms with E-state index in [9.17, 15) is 25.9 Å². The summed E-state index contributed by atoms with van der Waals surface area (Å²) in [6.07, 6.45) is 4.93. The molecule has 0 saturated heterocycles. The van der Waals surface area contributed by atoms with Gasteiger partial charge in [-0.05, 0) is 99.0 Å². The number of nitrogens with one attached hydrogen (secondary N) is 2. The van der Waals surface area contributed by atoms with Crippen LogP contribution in [0.1, 0.15) is 17.5 Å². The molecule has 0 aliphatic heterocycles. The average molecular weight is 821 g/mol. The SMILES string of the molecule is C[n+]1ccsc1N=Nc1ccc(NCCCNc2ccc(N=Nc3scc[n+]3C)cc2)cc1.O=S(=O)([O-])Cc1ccccc1.O=S(=O)([O-])Cc1ccccc1. The predicted octanol–water partition coefficient (Wildman–Crippen LogP) is 7.67. The van der Waals surface area contributed by atoms with E-state index in [-0.39, 0.29) is 0 Å². The first kappa shape index (κ1) is 42.5. The standard InChI is InChI=1S/C23H24N8S2.2C7H8O3S/c1-30-14-16-32-22(30)28-26-20-8-4-18(5-9-20)24-12-3-13-25-19-6-10-21(11-7-19)27-29-23-31(2)15-17-33-23;2*8-11(9,10)6-7-4-2-1-3-5-7/h4-11,14-17H,3,12-13H2,1-2H3;2*1-5H,6H2,(H,8,9,10). The lowest BCUT2D eigenvalue weighted by atomic mass is 10.2. The van der Waals surface area contributed by atoms with Crippen molar-refractivity contribution >= 4 is 75.9 Å². The van der Waals surface area contributed by atoms with E-state index in [4.69, 9.17) is 0 Å². The third kappa shape index (κ3) is 17.2. The summed E-state index contributed by atoms with van der Waals surface area (Å²) >= 11 is 3.13. The molecule has 0 amide bonds. The molecule has 0 saturated carbocycles. The first-order chi connectivity index (χ1) is 26.3. The summed E-state index contributed by atoms with van der Waals surface area (Å²) in [5.74, 6) is -0.846. The number of rotatable bonds is 14. The van der Waals surface area contributed by atoms with Crippen LogP contribution in [0.25, 0.3) is 0 Å². The van der Waals surface area contributed by atoms with Crippen molar-refractivity contribution in [2.75, 3.05) is 23.7 Å². The summed E-state index contributed by atoms with van der Waals surface area (Å²) in [5, 5.41) is 29.7. The third-order valence-corrected chi connectivity index (χ3v) is 10.2. The van der Waals surface area contributed by atoms with Crippen LogP contribution in [-0.2, 0) is 45.8 Å². The maximum absolute atomic E-state index is 10.2. The Morgan fingerprint density at radius 1 is 0.545 bits per heavy atom. The fourth-order valence-corrected chi connectivity index (χ4v) is 7.01. The Labute approximate surface area is 329 Å². The molecule has 0 atom stereocenters. The van der Waals surface area contributed by atoms with E-state index in [1.165, 1.54) is 0 Å². The largest absolute Gasteiger partial charge is 0.748 e. The quantitative estimate of drug-likeness (QED) is 0.0483. The number of anilines is 2. The van der Waals surface area contributed by atoms with Gasteiger partial charge in [-0.25, -0.2) is 26.0 Å². The number of nitrogens with zero attached hydrogens (tertiary/aromatic N) is 6. The van der Waals surface area contributed by atoms with Crippen molar-refractivity contribution in [2.24, 2.45) is 34.6 Å². The topological polar surface area (TPSA) is 196 Å². The van der Waals surface area contributed by atoms with Gasteiger partial charge < -0.3 is 19.7 Å². The number of aromatic nitrogens is 2. The maximum Gasteiger partial charge on any atom is 0.408 e. The highest BCUT2D eigenvalue weighted by Gasteiger charge is 2.08. The summed E-state index contributed by atoms with van der Waals surface area (Å²) in [6.45, 7) is 1.76. The molecule has 6 rings (SSSR count). The second-order valence-electron chi connectivity index (χ2n) is 11.7. The second-order valence-corrected chi connectivity index (χ2v) is 16.2. The van der Waals surface area contributed by atoms with E-state index in [0.29, 0.717) is 11.1 Å². The molecule has 14 nitrogen and oxygen atoms in total. The molecule has 0 unspecified atom stereocenters. The molecule has 0 fully saturated rings. The fourth-order valence-electron chi connectivity index (χ4n) is 4.45. The van der Waals surface area contributed by atoms with Crippen LogP contribution in [0.2, 0.25) is 0 Å². The second kappa shape index (κ2) is 21.6. The molecule has 6 aromatic rings. The molecular formula is C37H40N8O6S4. The van der Waals surface area contributed by atoms with Crippen LogP contribution in [-0.4, -0.2) is 39.0 Å². The number of azo groups is 2. The first-order valence-corrected chi connectivity index (χ1v) is 21.6. The van der Waals surface area contributed by atoms with Crippen molar-refractivity contribution in [3.63, 3.8) is 0 Å². The van der Waals surface area contributed by atoms with Crippen LogP contribution in [0.4, 0.5) is 33.0 Å². The van der Waals surface area contributed by atoms with Crippen LogP contribution in [0.15, 0.2) is 153 Å². The summed E-state index contributed by atoms with van der Waals surface area (Å²) in [6, 6.07) is 32.7. The molecule has 0 spiro atoms. The lowest BCUT2D eigenvalue weighted by molar-refractivity contribution is -0.654. The highest BCUT2D eigenvalue weighted by Crippen LogP contribution is 2.22. The van der Waals surface area contributed by atoms with Gasteiger partial charge in [-0.1, -0.05) is 60.7 Å². The normalized spacial score (nSPS) is 11.4. The Morgan fingerprint density at radius 3 is 1.22 bits per heavy atom. The van der Waals surface area contributed by atoms with Gasteiger partial charge in [-0.3, -0.25) is 0 Å². The highest BCUT2D eigenvalue weighted by atomic mass is 32.2. The summed E-state index contributed by atoms with van der Waals surface area (Å²) in [4.78, 5) is 0. The van der Waals surface area contributed by atoms with Crippen LogP contribution in [0, 0.1) is 0 Å². The van der Waals surface area contributed by atoms with Crippen molar-refractivity contribution in [2.45, 2.75) is 17.9 Å². The minimum Gasteiger partial charge on any atom is -0.748 e. The Balaban J connectivity index is 0.000000248. The number of aryl methyl sites for hydroxylation is 2. The van der Waals surface area contributed by atoms with E-state index >= 15 is 0 Å². The van der Waals surface area contributed by atoms with Crippen LogP contribution in [0.3, 0.4) is 0 Å². The van der Waals surface area contributed by atoms with Crippen LogP contribution >= 0.6 is 22.7 Å². The van der Waals surface area contributed by atoms with E-state index in [0.717, 1.165) is 52.5 Å².